The molecule has 0 heterocycles. The molecule has 0 unspecified atom stereocenters. The van der Waals surface area contributed by atoms with E-state index in [1.165, 1.54) is 107 Å². The van der Waals surface area contributed by atoms with Gasteiger partial charge in [0.1, 0.15) is 0 Å². The number of hydrogen-bond donors (Lipinski definition) is 0. The Morgan fingerprint density at radius 2 is 0.964 bits per heavy atom. The van der Waals surface area contributed by atoms with E-state index in [0.29, 0.717) is 0 Å². The summed E-state index contributed by atoms with van der Waals surface area (Å²) in [5, 5.41) is 0. The molecule has 0 saturated heterocycles. The van der Waals surface area contributed by atoms with Crippen LogP contribution in [0.25, 0.3) is 33.4 Å². The van der Waals surface area contributed by atoms with Crippen LogP contribution in [0.15, 0.2) is 140 Å². The van der Waals surface area contributed by atoms with Gasteiger partial charge in [-0.2, -0.15) is 0 Å². The summed E-state index contributed by atoms with van der Waals surface area (Å²) in [5.41, 5.74) is 18.4. The number of fused-ring (bicyclic) bond motifs is 4. The van der Waals surface area contributed by atoms with Crippen LogP contribution in [0.2, 0.25) is 0 Å². The highest BCUT2D eigenvalue weighted by atomic mass is 15.1. The molecular formula is C54H53N. The maximum absolute atomic E-state index is 2.61. The summed E-state index contributed by atoms with van der Waals surface area (Å²) >= 11 is 0. The van der Waals surface area contributed by atoms with Gasteiger partial charge in [0.05, 0.1) is 5.69 Å². The lowest BCUT2D eigenvalue weighted by Crippen LogP contribution is -2.55. The molecule has 4 bridgehead atoms. The van der Waals surface area contributed by atoms with Crippen LogP contribution >= 0.6 is 0 Å². The molecule has 1 nitrogen and oxygen atoms in total. The molecule has 0 N–H and O–H groups in total. The van der Waals surface area contributed by atoms with Gasteiger partial charge in [-0.1, -0.05) is 131 Å². The zero-order valence-corrected chi connectivity index (χ0v) is 33.0. The quantitative estimate of drug-likeness (QED) is 0.172. The molecule has 6 aliphatic carbocycles. The van der Waals surface area contributed by atoms with Crippen LogP contribution in [-0.2, 0) is 16.2 Å². The second-order valence-corrected chi connectivity index (χ2v) is 19.2. The van der Waals surface area contributed by atoms with Crippen LogP contribution in [0, 0.1) is 23.7 Å². The summed E-state index contributed by atoms with van der Waals surface area (Å²) < 4.78 is 0. The van der Waals surface area contributed by atoms with E-state index in [-0.39, 0.29) is 16.2 Å². The molecule has 1 spiro atoms. The fourth-order valence-electron chi connectivity index (χ4n) is 12.9. The van der Waals surface area contributed by atoms with Crippen molar-refractivity contribution in [1.29, 1.82) is 0 Å². The van der Waals surface area contributed by atoms with Gasteiger partial charge >= 0.3 is 0 Å². The molecule has 12 rings (SSSR count). The predicted molar refractivity (Wildman–Crippen MR) is 231 cm³/mol. The largest absolute Gasteiger partial charge is 0.310 e. The summed E-state index contributed by atoms with van der Waals surface area (Å²) in [7, 11) is 0. The third kappa shape index (κ3) is 4.97. The minimum absolute atomic E-state index is 0.0576. The molecule has 6 aromatic carbocycles. The van der Waals surface area contributed by atoms with E-state index in [0.717, 1.165) is 23.7 Å². The van der Waals surface area contributed by atoms with Crippen LogP contribution in [0.1, 0.15) is 94.9 Å². The van der Waals surface area contributed by atoms with E-state index in [1.807, 2.05) is 0 Å². The lowest BCUT2D eigenvalue weighted by atomic mass is 9.43. The Morgan fingerprint density at radius 3 is 1.62 bits per heavy atom. The molecule has 6 aromatic rings. The van der Waals surface area contributed by atoms with Crippen molar-refractivity contribution in [3.05, 3.63) is 162 Å². The Bertz CT molecular complexity index is 2400. The van der Waals surface area contributed by atoms with Gasteiger partial charge in [-0.25, -0.2) is 0 Å². The number of benzene rings is 6. The zero-order valence-electron chi connectivity index (χ0n) is 33.0. The first kappa shape index (κ1) is 33.5. The molecule has 0 aliphatic heterocycles. The Hall–Kier alpha value is -4.88. The predicted octanol–water partition coefficient (Wildman–Crippen LogP) is 14.6. The van der Waals surface area contributed by atoms with Gasteiger partial charge in [-0.3, -0.25) is 0 Å². The van der Waals surface area contributed by atoms with Gasteiger partial charge < -0.3 is 4.90 Å². The molecule has 0 amide bonds. The third-order valence-electron chi connectivity index (χ3n) is 15.3. The fourth-order valence-corrected chi connectivity index (χ4v) is 12.9. The van der Waals surface area contributed by atoms with E-state index in [4.69, 9.17) is 0 Å². The zero-order chi connectivity index (χ0) is 37.1. The number of nitrogens with zero attached hydrogens (tertiary/aromatic N) is 1. The Labute approximate surface area is 328 Å². The van der Waals surface area contributed by atoms with Gasteiger partial charge in [-0.05, 0) is 171 Å². The van der Waals surface area contributed by atoms with Gasteiger partial charge in [0.2, 0.25) is 0 Å². The van der Waals surface area contributed by atoms with E-state index in [2.05, 4.69) is 172 Å². The summed E-state index contributed by atoms with van der Waals surface area (Å²) in [6.07, 6.45) is 9.45. The molecule has 0 aromatic heterocycles. The highest BCUT2D eigenvalue weighted by Gasteiger charge is 2.61. The maximum atomic E-state index is 2.61. The van der Waals surface area contributed by atoms with Gasteiger partial charge in [0, 0.05) is 16.8 Å². The normalized spacial score (nSPS) is 26.0. The van der Waals surface area contributed by atoms with Crippen molar-refractivity contribution >= 4 is 17.1 Å². The van der Waals surface area contributed by atoms with Crippen molar-refractivity contribution in [1.82, 2.24) is 0 Å². The highest BCUT2D eigenvalue weighted by molar-refractivity contribution is 5.90. The topological polar surface area (TPSA) is 3.24 Å². The summed E-state index contributed by atoms with van der Waals surface area (Å²) in [4.78, 5) is 2.61. The van der Waals surface area contributed by atoms with E-state index in [1.54, 1.807) is 11.1 Å². The molecule has 0 radical (unpaired) electrons. The van der Waals surface area contributed by atoms with Crippen molar-refractivity contribution in [2.75, 3.05) is 4.90 Å². The Balaban J connectivity index is 1.14. The van der Waals surface area contributed by atoms with E-state index in [9.17, 15) is 0 Å². The smallest absolute Gasteiger partial charge is 0.0502 e. The lowest BCUT2D eigenvalue weighted by molar-refractivity contribution is -0.0399. The van der Waals surface area contributed by atoms with E-state index >= 15 is 0 Å². The summed E-state index contributed by atoms with van der Waals surface area (Å²) in [6, 6.07) is 53.6. The van der Waals surface area contributed by atoms with Crippen LogP contribution in [0.3, 0.4) is 0 Å². The van der Waals surface area contributed by atoms with Gasteiger partial charge in [-0.15, -0.1) is 0 Å². The van der Waals surface area contributed by atoms with Gasteiger partial charge in [0.15, 0.2) is 0 Å². The highest BCUT2D eigenvalue weighted by Crippen LogP contribution is 2.70. The molecule has 4 fully saturated rings. The fraction of sp³-hybridized carbons (Fsp3) is 0.333. The monoisotopic (exact) mass is 715 g/mol. The van der Waals surface area contributed by atoms with Gasteiger partial charge in [0.25, 0.3) is 0 Å². The molecule has 0 atom stereocenters. The average Bonchev–Trinajstić information content (AvgIpc) is 3.49. The molecule has 6 aliphatic rings. The molecule has 274 valence electrons. The van der Waals surface area contributed by atoms with Crippen LogP contribution < -0.4 is 4.90 Å². The number of hydrogen-bond acceptors (Lipinski definition) is 1. The van der Waals surface area contributed by atoms with E-state index < -0.39 is 0 Å². The summed E-state index contributed by atoms with van der Waals surface area (Å²) in [5.74, 6) is 3.33. The van der Waals surface area contributed by atoms with Crippen molar-refractivity contribution in [2.45, 2.75) is 88.9 Å². The molecule has 4 saturated carbocycles. The average molecular weight is 716 g/mol. The second kappa shape index (κ2) is 12.1. The minimum Gasteiger partial charge on any atom is -0.310 e. The SMILES string of the molecule is CC1(C)CCC(C)(C)c2c(N(c3ccc(-c4ccccc4)cc3)c3ccc4c(c3)-c3cc(-c5ccccc5)ccc3C43C4CC5CC(C4)CC3C5)cccc21. The van der Waals surface area contributed by atoms with Crippen molar-refractivity contribution < 1.29 is 0 Å². The minimum atomic E-state index is 0.0576. The number of rotatable bonds is 5. The first-order valence-electron chi connectivity index (χ1n) is 21.2. The van der Waals surface area contributed by atoms with Crippen LogP contribution in [0.5, 0.6) is 0 Å². The van der Waals surface area contributed by atoms with Crippen LogP contribution in [0.4, 0.5) is 17.1 Å². The Morgan fingerprint density at radius 1 is 0.436 bits per heavy atom. The third-order valence-corrected chi connectivity index (χ3v) is 15.3. The second-order valence-electron chi connectivity index (χ2n) is 19.2. The van der Waals surface area contributed by atoms with Crippen LogP contribution in [-0.4, -0.2) is 0 Å². The van der Waals surface area contributed by atoms with Crippen molar-refractivity contribution in [3.8, 4) is 33.4 Å². The lowest BCUT2D eigenvalue weighted by Gasteiger charge is -2.61. The first-order valence-corrected chi connectivity index (χ1v) is 21.2. The first-order chi connectivity index (χ1) is 26.7. The maximum Gasteiger partial charge on any atom is 0.0502 e. The summed E-state index contributed by atoms with van der Waals surface area (Å²) in [6.45, 7) is 9.85. The Kier molecular flexibility index (Phi) is 7.34. The molecule has 1 heteroatoms. The molecular weight excluding hydrogens is 663 g/mol. The van der Waals surface area contributed by atoms with Crippen molar-refractivity contribution in [3.63, 3.8) is 0 Å². The standard InChI is InChI=1S/C54H53N/c1-52(2)26-27-53(3,4)51-49(52)16-11-17-50(51)55(43-21-18-39(19-22-43)37-12-7-5-8-13-37)44-23-25-48-46(34-44)45-33-40(38-14-9-6-10-15-38)20-24-47(45)54(48)41-29-35-28-36(31-41)32-42(54)30-35/h5-25,33-36,41-42H,26-32H2,1-4H3. The number of anilines is 3. The van der Waals surface area contributed by atoms with Crippen molar-refractivity contribution in [2.24, 2.45) is 23.7 Å². The molecule has 55 heavy (non-hydrogen) atoms.